The summed E-state index contributed by atoms with van der Waals surface area (Å²) >= 11 is 0. The molecule has 0 spiro atoms. The van der Waals surface area contributed by atoms with Gasteiger partial charge in [0.1, 0.15) is 45.0 Å². The number of fused-ring (bicyclic) bond motifs is 10. The predicted molar refractivity (Wildman–Crippen MR) is 275 cm³/mol. The number of allylic oxidation sites excluding steroid dienone is 4. The number of aryl methyl sites for hydroxylation is 2. The fourth-order valence-corrected chi connectivity index (χ4v) is 8.91. The van der Waals surface area contributed by atoms with Crippen molar-refractivity contribution >= 4 is 78.0 Å². The van der Waals surface area contributed by atoms with Crippen LogP contribution in [-0.2, 0) is 30.5 Å². The molecule has 4 heterocycles. The molecule has 4 N–H and O–H groups in total. The van der Waals surface area contributed by atoms with Gasteiger partial charge in [0.25, 0.3) is 0 Å². The lowest BCUT2D eigenvalue weighted by Crippen LogP contribution is -2.11. The average molecular weight is 873 g/mol. The van der Waals surface area contributed by atoms with E-state index in [2.05, 4.69) is 111 Å². The quantitative estimate of drug-likeness (QED) is 0.0714. The molecule has 11 rings (SSSR count). The van der Waals surface area contributed by atoms with Gasteiger partial charge in [-0.15, -0.1) is 0 Å². The van der Waals surface area contributed by atoms with Crippen LogP contribution >= 0.6 is 0 Å². The van der Waals surface area contributed by atoms with Crippen molar-refractivity contribution in [3.05, 3.63) is 191 Å². The van der Waals surface area contributed by atoms with Gasteiger partial charge < -0.3 is 33.9 Å². The molecular formula is C59H56N2O5. The van der Waals surface area contributed by atoms with E-state index in [0.29, 0.717) is 26.3 Å². The van der Waals surface area contributed by atoms with Gasteiger partial charge in [0, 0.05) is 68.5 Å². The summed E-state index contributed by atoms with van der Waals surface area (Å²) in [6.45, 7) is 11.9. The first-order chi connectivity index (χ1) is 32.5. The summed E-state index contributed by atoms with van der Waals surface area (Å²) in [6, 6.07) is 39.8. The maximum absolute atomic E-state index is 6.14. The van der Waals surface area contributed by atoms with Crippen LogP contribution in [-0.4, -0.2) is 19.8 Å². The number of hydrogen-bond acceptors (Lipinski definition) is 7. The SMILES string of the molecule is C=C/C=C\c1oc2c(CCOC/C(=C\Cc3ccc4oc5ccccc5c4c3)CN)cccc2c1C.CC.NCc1cccc2c1oc1ccc(-c3ccc4oc5c(c4c3)C=CCC5)cc12. The van der Waals surface area contributed by atoms with Crippen molar-refractivity contribution in [3.63, 3.8) is 0 Å². The summed E-state index contributed by atoms with van der Waals surface area (Å²) in [4.78, 5) is 0. The van der Waals surface area contributed by atoms with E-state index < -0.39 is 0 Å². The van der Waals surface area contributed by atoms with Gasteiger partial charge in [-0.2, -0.15) is 0 Å². The average Bonchev–Trinajstić information content (AvgIpc) is 4.13. The molecule has 0 radical (unpaired) electrons. The third-order valence-electron chi connectivity index (χ3n) is 12.4. The first-order valence-electron chi connectivity index (χ1n) is 23.0. The van der Waals surface area contributed by atoms with Crippen molar-refractivity contribution in [3.8, 4) is 11.1 Å². The Bertz CT molecular complexity index is 3440. The smallest absolute Gasteiger partial charge is 0.139 e. The summed E-state index contributed by atoms with van der Waals surface area (Å²) in [6.07, 6.45) is 15.8. The van der Waals surface area contributed by atoms with Crippen LogP contribution in [0.5, 0.6) is 0 Å². The topological polar surface area (TPSA) is 114 Å². The van der Waals surface area contributed by atoms with E-state index in [9.17, 15) is 0 Å². The van der Waals surface area contributed by atoms with Gasteiger partial charge in [0.05, 0.1) is 13.2 Å². The van der Waals surface area contributed by atoms with Crippen molar-refractivity contribution < 1.29 is 22.4 Å². The van der Waals surface area contributed by atoms with Gasteiger partial charge in [0.2, 0.25) is 0 Å². The minimum absolute atomic E-state index is 0.472. The van der Waals surface area contributed by atoms with Crippen LogP contribution in [0.4, 0.5) is 0 Å². The van der Waals surface area contributed by atoms with Crippen molar-refractivity contribution in [2.45, 2.75) is 53.0 Å². The van der Waals surface area contributed by atoms with E-state index in [1.165, 1.54) is 27.6 Å². The van der Waals surface area contributed by atoms with Crippen LogP contribution in [0.2, 0.25) is 0 Å². The molecule has 66 heavy (non-hydrogen) atoms. The largest absolute Gasteiger partial charge is 0.460 e. The summed E-state index contributed by atoms with van der Waals surface area (Å²) in [5, 5.41) is 6.85. The minimum atomic E-state index is 0.472. The first-order valence-corrected chi connectivity index (χ1v) is 23.0. The molecule has 1 aliphatic carbocycles. The van der Waals surface area contributed by atoms with E-state index in [0.717, 1.165) is 120 Å². The van der Waals surface area contributed by atoms with Gasteiger partial charge in [-0.05, 0) is 103 Å². The Hall–Kier alpha value is -7.16. The molecule has 1 aliphatic rings. The number of para-hydroxylation sites is 3. The third kappa shape index (κ3) is 8.81. The highest BCUT2D eigenvalue weighted by molar-refractivity contribution is 6.08. The van der Waals surface area contributed by atoms with E-state index in [-0.39, 0.29) is 0 Å². The lowest BCUT2D eigenvalue weighted by molar-refractivity contribution is 0.158. The fraction of sp³-hybridized carbons (Fsp3) is 0.186. The molecule has 7 heteroatoms. The summed E-state index contributed by atoms with van der Waals surface area (Å²) in [5.74, 6) is 1.97. The molecule has 6 aromatic carbocycles. The van der Waals surface area contributed by atoms with Crippen LogP contribution in [0.1, 0.15) is 59.6 Å². The molecule has 0 amide bonds. The first kappa shape index (κ1) is 44.1. The summed E-state index contributed by atoms with van der Waals surface area (Å²) in [5.41, 5.74) is 26.6. The molecule has 7 nitrogen and oxygen atoms in total. The van der Waals surface area contributed by atoms with Gasteiger partial charge in [-0.1, -0.05) is 124 Å². The Morgan fingerprint density at radius 1 is 0.682 bits per heavy atom. The van der Waals surface area contributed by atoms with Gasteiger partial charge in [-0.25, -0.2) is 0 Å². The number of rotatable bonds is 12. The van der Waals surface area contributed by atoms with E-state index in [1.54, 1.807) is 6.08 Å². The van der Waals surface area contributed by atoms with Gasteiger partial charge >= 0.3 is 0 Å². The van der Waals surface area contributed by atoms with Crippen molar-refractivity contribution in [1.82, 2.24) is 0 Å². The Balaban J connectivity index is 0.000000164. The van der Waals surface area contributed by atoms with Gasteiger partial charge in [-0.3, -0.25) is 0 Å². The molecule has 0 unspecified atom stereocenters. The predicted octanol–water partition coefficient (Wildman–Crippen LogP) is 15.0. The zero-order chi connectivity index (χ0) is 45.6. The second-order valence-corrected chi connectivity index (χ2v) is 16.4. The van der Waals surface area contributed by atoms with E-state index >= 15 is 0 Å². The normalized spacial score (nSPS) is 12.7. The second-order valence-electron chi connectivity index (χ2n) is 16.4. The van der Waals surface area contributed by atoms with Crippen molar-refractivity contribution in [1.29, 1.82) is 0 Å². The van der Waals surface area contributed by atoms with Gasteiger partial charge in [0.15, 0.2) is 0 Å². The van der Waals surface area contributed by atoms with Crippen LogP contribution < -0.4 is 11.5 Å². The number of ether oxygens (including phenoxy) is 1. The molecule has 0 bridgehead atoms. The molecule has 10 aromatic rings. The molecular weight excluding hydrogens is 817 g/mol. The van der Waals surface area contributed by atoms with E-state index in [4.69, 9.17) is 33.9 Å². The zero-order valence-corrected chi connectivity index (χ0v) is 38.0. The fourth-order valence-electron chi connectivity index (χ4n) is 8.91. The third-order valence-corrected chi connectivity index (χ3v) is 12.4. The number of hydrogen-bond donors (Lipinski definition) is 2. The van der Waals surface area contributed by atoms with Crippen LogP contribution in [0.3, 0.4) is 0 Å². The highest BCUT2D eigenvalue weighted by Gasteiger charge is 2.17. The lowest BCUT2D eigenvalue weighted by Gasteiger charge is -2.08. The highest BCUT2D eigenvalue weighted by atomic mass is 16.5. The van der Waals surface area contributed by atoms with Crippen LogP contribution in [0.25, 0.3) is 89.1 Å². The number of nitrogens with two attached hydrogens (primary N) is 2. The van der Waals surface area contributed by atoms with E-state index in [1.807, 2.05) is 62.4 Å². The Morgan fingerprint density at radius 2 is 1.36 bits per heavy atom. The van der Waals surface area contributed by atoms with Crippen molar-refractivity contribution in [2.24, 2.45) is 11.5 Å². The van der Waals surface area contributed by atoms with Crippen molar-refractivity contribution in [2.75, 3.05) is 19.8 Å². The maximum Gasteiger partial charge on any atom is 0.139 e. The summed E-state index contributed by atoms with van der Waals surface area (Å²) < 4.78 is 30.2. The molecule has 332 valence electrons. The summed E-state index contributed by atoms with van der Waals surface area (Å²) in [7, 11) is 0. The molecule has 0 fully saturated rings. The highest BCUT2D eigenvalue weighted by Crippen LogP contribution is 2.38. The Kier molecular flexibility index (Phi) is 13.3. The molecule has 0 aliphatic heterocycles. The standard InChI is InChI=1S/C32H31NO3.C25H19NO2.C2H6/c1-3-4-11-29-22(2)26-10-7-8-25(32(26)36-29)17-18-34-21-24(20-33)14-13-23-15-16-31-28(19-23)27-9-5-6-12-30(27)35-31;26-14-17-4-3-6-19-21-13-16(9-11-24(21)28-25(17)19)15-8-10-23-20(12-15)18-5-1-2-7-22(18)27-23;1-2/h3-12,14-16,19H,1,13,17-18,20-21,33H2,2H3;1,3-6,8-13H,2,7,14,26H2;1-2H3/b11-4-,24-14-;;. The molecule has 0 saturated heterocycles. The molecule has 0 saturated carbocycles. The zero-order valence-electron chi connectivity index (χ0n) is 38.0. The Morgan fingerprint density at radius 3 is 2.17 bits per heavy atom. The van der Waals surface area contributed by atoms with Crippen LogP contribution in [0.15, 0.2) is 169 Å². The number of furan rings is 4. The molecule has 0 atom stereocenters. The molecule has 4 aromatic heterocycles. The second kappa shape index (κ2) is 19.9. The monoisotopic (exact) mass is 872 g/mol. The lowest BCUT2D eigenvalue weighted by atomic mass is 9.98. The minimum Gasteiger partial charge on any atom is -0.460 e. The maximum atomic E-state index is 6.14. The number of benzene rings is 6. The Labute approximate surface area is 385 Å². The van der Waals surface area contributed by atoms with Crippen LogP contribution in [0, 0.1) is 6.92 Å².